The zero-order chi connectivity index (χ0) is 13.2. The molecular formula is C13H16N2O3. The minimum Gasteiger partial charge on any atom is -0.481 e. The maximum Gasteiger partial charge on any atom is 0.311 e. The molecule has 0 spiro atoms. The third-order valence-electron chi connectivity index (χ3n) is 3.38. The number of carboxylic acids is 1. The van der Waals surface area contributed by atoms with Crippen LogP contribution in [0.5, 0.6) is 0 Å². The molecule has 1 heterocycles. The third kappa shape index (κ3) is 2.67. The van der Waals surface area contributed by atoms with Crippen molar-refractivity contribution < 1.29 is 14.7 Å². The molecule has 0 bridgehead atoms. The molecule has 0 saturated heterocycles. The van der Waals surface area contributed by atoms with Gasteiger partial charge in [0.25, 0.3) is 0 Å². The summed E-state index contributed by atoms with van der Waals surface area (Å²) >= 11 is 0. The molecule has 18 heavy (non-hydrogen) atoms. The Hall–Kier alpha value is -1.91. The van der Waals surface area contributed by atoms with Gasteiger partial charge in [-0.2, -0.15) is 0 Å². The number of nitrogens with zero attached hydrogens (tertiary/aromatic N) is 1. The minimum atomic E-state index is -0.822. The van der Waals surface area contributed by atoms with Crippen LogP contribution in [0.25, 0.3) is 0 Å². The van der Waals surface area contributed by atoms with Crippen molar-refractivity contribution in [3.63, 3.8) is 0 Å². The quantitative estimate of drug-likeness (QED) is 0.812. The zero-order valence-corrected chi connectivity index (χ0v) is 10.3. The van der Waals surface area contributed by atoms with Crippen LogP contribution in [0.2, 0.25) is 0 Å². The molecule has 0 unspecified atom stereocenters. The number of aliphatic carboxylic acids is 1. The van der Waals surface area contributed by atoms with Gasteiger partial charge < -0.3 is 10.4 Å². The number of hydrogen-bond acceptors (Lipinski definition) is 3. The van der Waals surface area contributed by atoms with Crippen molar-refractivity contribution in [1.82, 2.24) is 10.3 Å². The van der Waals surface area contributed by atoms with E-state index in [1.807, 2.05) is 19.1 Å². The number of carbonyl (C=O) groups excluding carboxylic acids is 1. The Labute approximate surface area is 105 Å². The summed E-state index contributed by atoms with van der Waals surface area (Å²) in [5.41, 5.74) is 0.983. The molecule has 1 aromatic rings. The molecule has 1 aromatic heterocycles. The van der Waals surface area contributed by atoms with E-state index in [0.29, 0.717) is 12.8 Å². The highest BCUT2D eigenvalue weighted by Crippen LogP contribution is 2.45. The number of hydrogen-bond donors (Lipinski definition) is 2. The van der Waals surface area contributed by atoms with E-state index in [4.69, 9.17) is 5.11 Å². The maximum absolute atomic E-state index is 11.7. The van der Waals surface area contributed by atoms with E-state index >= 15 is 0 Å². The molecule has 0 atom stereocenters. The fourth-order valence-corrected chi connectivity index (χ4v) is 1.80. The molecule has 5 nitrogen and oxygen atoms in total. The number of aryl methyl sites for hydroxylation is 1. The standard InChI is InChI=1S/C13H16N2O3/c1-9-3-2-6-14-10(9)7-11(16)15-8-13(4-5-13)12(17)18/h2-3,6H,4-5,7-8H2,1H3,(H,15,16)(H,17,18). The Kier molecular flexibility index (Phi) is 3.32. The summed E-state index contributed by atoms with van der Waals surface area (Å²) in [5.74, 6) is -0.999. The Morgan fingerprint density at radius 2 is 2.22 bits per heavy atom. The van der Waals surface area contributed by atoms with Crippen LogP contribution in [-0.4, -0.2) is 28.5 Å². The first-order chi connectivity index (χ1) is 8.53. The second kappa shape index (κ2) is 4.76. The Morgan fingerprint density at radius 1 is 1.50 bits per heavy atom. The average molecular weight is 248 g/mol. The fourth-order valence-electron chi connectivity index (χ4n) is 1.80. The smallest absolute Gasteiger partial charge is 0.311 e. The molecule has 5 heteroatoms. The van der Waals surface area contributed by atoms with Crippen molar-refractivity contribution in [3.05, 3.63) is 29.6 Å². The van der Waals surface area contributed by atoms with E-state index in [0.717, 1.165) is 11.3 Å². The van der Waals surface area contributed by atoms with Crippen LogP contribution in [-0.2, 0) is 16.0 Å². The van der Waals surface area contributed by atoms with Crippen molar-refractivity contribution in [2.24, 2.45) is 5.41 Å². The van der Waals surface area contributed by atoms with E-state index < -0.39 is 11.4 Å². The largest absolute Gasteiger partial charge is 0.481 e. The van der Waals surface area contributed by atoms with E-state index in [-0.39, 0.29) is 18.9 Å². The topological polar surface area (TPSA) is 79.3 Å². The summed E-state index contributed by atoms with van der Waals surface area (Å²) < 4.78 is 0. The summed E-state index contributed by atoms with van der Waals surface area (Å²) in [7, 11) is 0. The van der Waals surface area contributed by atoms with Crippen molar-refractivity contribution >= 4 is 11.9 Å². The number of nitrogens with one attached hydrogen (secondary N) is 1. The summed E-state index contributed by atoms with van der Waals surface area (Å²) in [6.45, 7) is 2.11. The van der Waals surface area contributed by atoms with Gasteiger partial charge in [-0.3, -0.25) is 14.6 Å². The molecule has 2 rings (SSSR count). The van der Waals surface area contributed by atoms with Gasteiger partial charge in [-0.25, -0.2) is 0 Å². The first kappa shape index (κ1) is 12.5. The van der Waals surface area contributed by atoms with Gasteiger partial charge in [0, 0.05) is 12.7 Å². The van der Waals surface area contributed by atoms with Crippen LogP contribution in [0, 0.1) is 12.3 Å². The molecule has 1 amide bonds. The van der Waals surface area contributed by atoms with Gasteiger partial charge in [0.2, 0.25) is 5.91 Å². The third-order valence-corrected chi connectivity index (χ3v) is 3.38. The van der Waals surface area contributed by atoms with Crippen molar-refractivity contribution in [1.29, 1.82) is 0 Å². The van der Waals surface area contributed by atoms with Crippen LogP contribution >= 0.6 is 0 Å². The highest BCUT2D eigenvalue weighted by atomic mass is 16.4. The maximum atomic E-state index is 11.7. The number of amides is 1. The predicted molar refractivity (Wildman–Crippen MR) is 65.0 cm³/mol. The molecule has 2 N–H and O–H groups in total. The van der Waals surface area contributed by atoms with E-state index in [1.165, 1.54) is 0 Å². The average Bonchev–Trinajstić information content (AvgIpc) is 3.11. The number of aromatic nitrogens is 1. The Balaban J connectivity index is 1.87. The SMILES string of the molecule is Cc1cccnc1CC(=O)NCC1(C(=O)O)CC1. The lowest BCUT2D eigenvalue weighted by Gasteiger charge is -2.11. The number of carboxylic acid groups (broad SMARTS) is 1. The molecule has 96 valence electrons. The predicted octanol–water partition coefficient (Wildman–Crippen LogP) is 0.914. The highest BCUT2D eigenvalue weighted by Gasteiger charge is 2.50. The molecule has 1 saturated carbocycles. The van der Waals surface area contributed by atoms with Gasteiger partial charge in [0.1, 0.15) is 0 Å². The van der Waals surface area contributed by atoms with Crippen LogP contribution in [0.4, 0.5) is 0 Å². The van der Waals surface area contributed by atoms with Crippen molar-refractivity contribution in [2.75, 3.05) is 6.54 Å². The van der Waals surface area contributed by atoms with Crippen LogP contribution in [0.3, 0.4) is 0 Å². The van der Waals surface area contributed by atoms with E-state index in [2.05, 4.69) is 10.3 Å². The fraction of sp³-hybridized carbons (Fsp3) is 0.462. The summed E-state index contributed by atoms with van der Waals surface area (Å²) in [5, 5.41) is 11.7. The first-order valence-corrected chi connectivity index (χ1v) is 5.94. The van der Waals surface area contributed by atoms with Gasteiger partial charge in [-0.05, 0) is 31.4 Å². The van der Waals surface area contributed by atoms with Gasteiger partial charge >= 0.3 is 5.97 Å². The van der Waals surface area contributed by atoms with Crippen LogP contribution < -0.4 is 5.32 Å². The van der Waals surface area contributed by atoms with Gasteiger partial charge in [-0.15, -0.1) is 0 Å². The van der Waals surface area contributed by atoms with Crippen LogP contribution in [0.1, 0.15) is 24.1 Å². The first-order valence-electron chi connectivity index (χ1n) is 5.94. The van der Waals surface area contributed by atoms with Crippen molar-refractivity contribution in [3.8, 4) is 0 Å². The van der Waals surface area contributed by atoms with Crippen LogP contribution in [0.15, 0.2) is 18.3 Å². The normalized spacial score (nSPS) is 16.1. The van der Waals surface area contributed by atoms with E-state index in [9.17, 15) is 9.59 Å². The second-order valence-corrected chi connectivity index (χ2v) is 4.81. The summed E-state index contributed by atoms with van der Waals surface area (Å²) in [4.78, 5) is 26.8. The van der Waals surface area contributed by atoms with Crippen molar-refractivity contribution in [2.45, 2.75) is 26.2 Å². The molecular weight excluding hydrogens is 232 g/mol. The second-order valence-electron chi connectivity index (χ2n) is 4.81. The van der Waals surface area contributed by atoms with Gasteiger partial charge in [0.15, 0.2) is 0 Å². The number of pyridine rings is 1. The Morgan fingerprint density at radius 3 is 2.78 bits per heavy atom. The monoisotopic (exact) mass is 248 g/mol. The highest BCUT2D eigenvalue weighted by molar-refractivity contribution is 5.81. The van der Waals surface area contributed by atoms with Gasteiger partial charge in [-0.1, -0.05) is 6.07 Å². The van der Waals surface area contributed by atoms with E-state index in [1.54, 1.807) is 6.20 Å². The molecule has 0 radical (unpaired) electrons. The molecule has 1 aliphatic carbocycles. The lowest BCUT2D eigenvalue weighted by atomic mass is 10.1. The minimum absolute atomic E-state index is 0.177. The summed E-state index contributed by atoms with van der Waals surface area (Å²) in [6.07, 6.45) is 3.13. The number of rotatable bonds is 5. The molecule has 1 aliphatic rings. The summed E-state index contributed by atoms with van der Waals surface area (Å²) in [6, 6.07) is 3.72. The zero-order valence-electron chi connectivity index (χ0n) is 10.3. The molecule has 0 aliphatic heterocycles. The molecule has 1 fully saturated rings. The van der Waals surface area contributed by atoms with Gasteiger partial charge in [0.05, 0.1) is 17.5 Å². The lowest BCUT2D eigenvalue weighted by molar-refractivity contribution is -0.143. The Bertz CT molecular complexity index is 481. The number of carbonyl (C=O) groups is 2. The lowest BCUT2D eigenvalue weighted by Crippen LogP contribution is -2.35. The molecule has 0 aromatic carbocycles.